The van der Waals surface area contributed by atoms with Crippen LogP contribution in [0.15, 0.2) is 35.5 Å². The normalized spacial score (nSPS) is 11.1. The van der Waals surface area contributed by atoms with Gasteiger partial charge in [-0.1, -0.05) is 48.2 Å². The number of thioether (sulfide) groups is 1. The molecule has 104 valence electrons. The molecule has 20 heavy (non-hydrogen) atoms. The van der Waals surface area contributed by atoms with Gasteiger partial charge in [-0.3, -0.25) is 4.79 Å². The van der Waals surface area contributed by atoms with E-state index in [2.05, 4.69) is 10.2 Å². The number of nitrogens with two attached hydrogens (primary N) is 1. The third kappa shape index (κ3) is 3.71. The molecule has 0 radical (unpaired) electrons. The Hall–Kier alpha value is -2.08. The van der Waals surface area contributed by atoms with E-state index >= 15 is 0 Å². The van der Waals surface area contributed by atoms with Gasteiger partial charge < -0.3 is 10.3 Å². The van der Waals surface area contributed by atoms with Gasteiger partial charge in [0.2, 0.25) is 5.91 Å². The maximum Gasteiger partial charge on any atom is 0.227 e. The van der Waals surface area contributed by atoms with Crippen LogP contribution in [-0.2, 0) is 11.3 Å². The lowest BCUT2D eigenvalue weighted by Gasteiger charge is -2.03. The molecule has 0 saturated heterocycles. The lowest BCUT2D eigenvalue weighted by molar-refractivity contribution is -0.115. The van der Waals surface area contributed by atoms with Gasteiger partial charge in [-0.2, -0.15) is 0 Å². The number of carbonyl (C=O) groups is 1. The highest BCUT2D eigenvalue weighted by Crippen LogP contribution is 2.17. The Morgan fingerprint density at radius 3 is 2.70 bits per heavy atom. The molecule has 0 aliphatic heterocycles. The molecule has 1 aromatic carbocycles. The average molecular weight is 288 g/mol. The van der Waals surface area contributed by atoms with Crippen LogP contribution in [0.3, 0.4) is 0 Å². The van der Waals surface area contributed by atoms with Gasteiger partial charge in [0.25, 0.3) is 0 Å². The summed E-state index contributed by atoms with van der Waals surface area (Å²) in [5.74, 6) is 0.617. The Labute approximate surface area is 121 Å². The summed E-state index contributed by atoms with van der Waals surface area (Å²) in [7, 11) is 0. The summed E-state index contributed by atoms with van der Waals surface area (Å²) in [6.45, 7) is 2.75. The number of hydrogen-bond acceptors (Lipinski definition) is 4. The molecule has 0 atom stereocenters. The lowest BCUT2D eigenvalue weighted by atomic mass is 10.2. The Morgan fingerprint density at radius 1 is 1.30 bits per heavy atom. The van der Waals surface area contributed by atoms with Crippen molar-refractivity contribution < 1.29 is 4.79 Å². The number of benzene rings is 1. The first-order chi connectivity index (χ1) is 9.70. The van der Waals surface area contributed by atoms with Crippen LogP contribution in [0.2, 0.25) is 0 Å². The molecule has 0 fully saturated rings. The maximum atomic E-state index is 10.8. The topological polar surface area (TPSA) is 73.8 Å². The molecule has 0 saturated carbocycles. The van der Waals surface area contributed by atoms with Crippen molar-refractivity contribution in [3.05, 3.63) is 41.7 Å². The predicted octanol–water partition coefficient (Wildman–Crippen LogP) is 2.05. The molecule has 6 heteroatoms. The summed E-state index contributed by atoms with van der Waals surface area (Å²) in [6, 6.07) is 9.99. The highest BCUT2D eigenvalue weighted by molar-refractivity contribution is 7.99. The van der Waals surface area contributed by atoms with Gasteiger partial charge in [-0.25, -0.2) is 0 Å². The first-order valence-corrected chi connectivity index (χ1v) is 7.26. The quantitative estimate of drug-likeness (QED) is 0.826. The minimum Gasteiger partial charge on any atom is -0.369 e. The van der Waals surface area contributed by atoms with Crippen molar-refractivity contribution in [1.29, 1.82) is 0 Å². The van der Waals surface area contributed by atoms with Crippen LogP contribution < -0.4 is 5.73 Å². The number of amides is 1. The molecule has 0 spiro atoms. The second kappa shape index (κ2) is 6.91. The summed E-state index contributed by atoms with van der Waals surface area (Å²) in [6.07, 6.45) is 3.90. The summed E-state index contributed by atoms with van der Waals surface area (Å²) < 4.78 is 1.95. The molecular formula is C14H16N4OS. The van der Waals surface area contributed by atoms with E-state index in [-0.39, 0.29) is 11.7 Å². The predicted molar refractivity (Wildman–Crippen MR) is 81.0 cm³/mol. The fraction of sp³-hybridized carbons (Fsp3) is 0.214. The van der Waals surface area contributed by atoms with E-state index in [4.69, 9.17) is 5.73 Å². The smallest absolute Gasteiger partial charge is 0.227 e. The largest absolute Gasteiger partial charge is 0.369 e. The highest BCUT2D eigenvalue weighted by atomic mass is 32.2. The van der Waals surface area contributed by atoms with Crippen LogP contribution in [0, 0.1) is 0 Å². The fourth-order valence-corrected chi connectivity index (χ4v) is 2.45. The van der Waals surface area contributed by atoms with Crippen molar-refractivity contribution in [2.24, 2.45) is 5.73 Å². The van der Waals surface area contributed by atoms with Crippen LogP contribution in [0.5, 0.6) is 0 Å². The van der Waals surface area contributed by atoms with E-state index in [0.717, 1.165) is 17.9 Å². The van der Waals surface area contributed by atoms with E-state index in [0.29, 0.717) is 5.16 Å². The van der Waals surface area contributed by atoms with Crippen LogP contribution in [0.4, 0.5) is 0 Å². The number of nitrogens with zero attached hydrogens (tertiary/aromatic N) is 3. The van der Waals surface area contributed by atoms with Crippen LogP contribution in [0.25, 0.3) is 12.2 Å². The molecule has 5 nitrogen and oxygen atoms in total. The summed E-state index contributed by atoms with van der Waals surface area (Å²) in [5, 5.41) is 8.93. The Kier molecular flexibility index (Phi) is 4.95. The molecule has 1 amide bonds. The molecule has 0 aliphatic carbocycles. The van der Waals surface area contributed by atoms with Crippen LogP contribution in [-0.4, -0.2) is 26.4 Å². The molecule has 0 bridgehead atoms. The third-order valence-electron chi connectivity index (χ3n) is 2.63. The van der Waals surface area contributed by atoms with Gasteiger partial charge in [-0.05, 0) is 18.6 Å². The zero-order chi connectivity index (χ0) is 14.4. The second-order valence-corrected chi connectivity index (χ2v) is 5.03. The van der Waals surface area contributed by atoms with Crippen LogP contribution >= 0.6 is 11.8 Å². The number of carbonyl (C=O) groups excluding carboxylic acids is 1. The minimum atomic E-state index is -0.359. The summed E-state index contributed by atoms with van der Waals surface area (Å²) in [4.78, 5) is 10.8. The molecule has 0 aliphatic rings. The Bertz CT molecular complexity index is 607. The van der Waals surface area contributed by atoms with Gasteiger partial charge in [0.15, 0.2) is 11.0 Å². The molecule has 1 heterocycles. The number of primary amides is 1. The average Bonchev–Trinajstić information content (AvgIpc) is 2.86. The Balaban J connectivity index is 2.16. The van der Waals surface area contributed by atoms with Gasteiger partial charge in [0.05, 0.1) is 5.75 Å². The van der Waals surface area contributed by atoms with Crippen molar-refractivity contribution in [2.75, 3.05) is 5.75 Å². The number of rotatable bonds is 6. The molecule has 2 rings (SSSR count). The van der Waals surface area contributed by atoms with Gasteiger partial charge in [0, 0.05) is 6.54 Å². The van der Waals surface area contributed by atoms with Crippen LogP contribution in [0.1, 0.15) is 18.3 Å². The first kappa shape index (κ1) is 14.3. The number of hydrogen-bond donors (Lipinski definition) is 1. The molecule has 0 unspecified atom stereocenters. The highest BCUT2D eigenvalue weighted by Gasteiger charge is 2.09. The monoisotopic (exact) mass is 288 g/mol. The molecule has 2 N–H and O–H groups in total. The van der Waals surface area contributed by atoms with Crippen molar-refractivity contribution in [2.45, 2.75) is 18.6 Å². The maximum absolute atomic E-state index is 10.8. The van der Waals surface area contributed by atoms with Crippen molar-refractivity contribution in [3.63, 3.8) is 0 Å². The molecular weight excluding hydrogens is 272 g/mol. The third-order valence-corrected chi connectivity index (χ3v) is 3.62. The van der Waals surface area contributed by atoms with Gasteiger partial charge in [0.1, 0.15) is 0 Å². The number of aromatic nitrogens is 3. The van der Waals surface area contributed by atoms with E-state index in [9.17, 15) is 4.79 Å². The van der Waals surface area contributed by atoms with E-state index < -0.39 is 0 Å². The summed E-state index contributed by atoms with van der Waals surface area (Å²) >= 11 is 1.30. The van der Waals surface area contributed by atoms with Crippen molar-refractivity contribution in [1.82, 2.24) is 14.8 Å². The zero-order valence-corrected chi connectivity index (χ0v) is 12.0. The first-order valence-electron chi connectivity index (χ1n) is 6.28. The zero-order valence-electron chi connectivity index (χ0n) is 11.2. The molecule has 2 aromatic rings. The SMILES string of the molecule is CCn1c(/C=C/c2ccccc2)nnc1SCC(N)=O. The fourth-order valence-electron chi connectivity index (χ4n) is 1.70. The lowest BCUT2D eigenvalue weighted by Crippen LogP contribution is -2.13. The van der Waals surface area contributed by atoms with Crippen molar-refractivity contribution in [3.8, 4) is 0 Å². The minimum absolute atomic E-state index is 0.209. The standard InChI is InChI=1S/C14H16N4OS/c1-2-18-13(9-8-11-6-4-3-5-7-11)16-17-14(18)20-10-12(15)19/h3-9H,2,10H2,1H3,(H2,15,19)/b9-8+. The van der Waals surface area contributed by atoms with E-state index in [1.54, 1.807) is 0 Å². The summed E-state index contributed by atoms with van der Waals surface area (Å²) in [5.41, 5.74) is 6.24. The van der Waals surface area contributed by atoms with Gasteiger partial charge >= 0.3 is 0 Å². The van der Waals surface area contributed by atoms with Crippen molar-refractivity contribution >= 4 is 29.8 Å². The van der Waals surface area contributed by atoms with E-state index in [1.807, 2.05) is 54.0 Å². The second-order valence-electron chi connectivity index (χ2n) is 4.08. The van der Waals surface area contributed by atoms with E-state index in [1.165, 1.54) is 11.8 Å². The van der Waals surface area contributed by atoms with Gasteiger partial charge in [-0.15, -0.1) is 10.2 Å². The molecule has 1 aromatic heterocycles. The Morgan fingerprint density at radius 2 is 2.05 bits per heavy atom.